The number of nitrogens with one attached hydrogen (secondary N) is 1. The van der Waals surface area contributed by atoms with Crippen molar-refractivity contribution in [2.24, 2.45) is 0 Å². The van der Waals surface area contributed by atoms with Gasteiger partial charge in [-0.05, 0) is 31.0 Å². The highest BCUT2D eigenvalue weighted by atomic mass is 19.1. The van der Waals surface area contributed by atoms with Crippen LogP contribution in [0, 0.1) is 5.82 Å². The summed E-state index contributed by atoms with van der Waals surface area (Å²) in [7, 11) is 1.56. The number of carboxylic acid groups (broad SMARTS) is 1. The van der Waals surface area contributed by atoms with Gasteiger partial charge in [-0.15, -0.1) is 0 Å². The second-order valence-corrected chi connectivity index (χ2v) is 4.85. The quantitative estimate of drug-likeness (QED) is 0.772. The SMILES string of the molecule is COC(C)CCC(=O)NC(CC(=O)O)c1ccc(F)cc1. The van der Waals surface area contributed by atoms with Crippen LogP contribution >= 0.6 is 0 Å². The summed E-state index contributed by atoms with van der Waals surface area (Å²) in [6.07, 6.45) is 0.495. The summed E-state index contributed by atoms with van der Waals surface area (Å²) in [6.45, 7) is 1.85. The lowest BCUT2D eigenvalue weighted by Gasteiger charge is -2.18. The first-order valence-electron chi connectivity index (χ1n) is 6.71. The number of ether oxygens (including phenoxy) is 1. The van der Waals surface area contributed by atoms with Gasteiger partial charge in [-0.2, -0.15) is 0 Å². The monoisotopic (exact) mass is 297 g/mol. The van der Waals surface area contributed by atoms with Crippen LogP contribution in [-0.2, 0) is 14.3 Å². The van der Waals surface area contributed by atoms with E-state index in [4.69, 9.17) is 9.84 Å². The maximum atomic E-state index is 12.9. The van der Waals surface area contributed by atoms with E-state index >= 15 is 0 Å². The number of methoxy groups -OCH3 is 1. The van der Waals surface area contributed by atoms with Gasteiger partial charge >= 0.3 is 5.97 Å². The van der Waals surface area contributed by atoms with Crippen molar-refractivity contribution in [1.82, 2.24) is 5.32 Å². The Morgan fingerprint density at radius 2 is 1.95 bits per heavy atom. The van der Waals surface area contributed by atoms with E-state index in [0.717, 1.165) is 0 Å². The van der Waals surface area contributed by atoms with Crippen molar-refractivity contribution in [3.8, 4) is 0 Å². The topological polar surface area (TPSA) is 75.6 Å². The summed E-state index contributed by atoms with van der Waals surface area (Å²) in [6, 6.07) is 4.75. The van der Waals surface area contributed by atoms with Crippen LogP contribution in [0.4, 0.5) is 4.39 Å². The van der Waals surface area contributed by atoms with Crippen molar-refractivity contribution >= 4 is 11.9 Å². The second-order valence-electron chi connectivity index (χ2n) is 4.85. The van der Waals surface area contributed by atoms with E-state index in [1.165, 1.54) is 24.3 Å². The molecule has 1 amide bonds. The lowest BCUT2D eigenvalue weighted by atomic mass is 10.0. The van der Waals surface area contributed by atoms with Crippen molar-refractivity contribution in [3.05, 3.63) is 35.6 Å². The number of carboxylic acids is 1. The Bertz CT molecular complexity index is 475. The molecule has 0 bridgehead atoms. The molecule has 0 heterocycles. The third kappa shape index (κ3) is 6.35. The molecular formula is C15H20FNO4. The lowest BCUT2D eigenvalue weighted by molar-refractivity contribution is -0.137. The van der Waals surface area contributed by atoms with Crippen LogP contribution in [0.15, 0.2) is 24.3 Å². The Labute approximate surface area is 123 Å². The molecule has 2 N–H and O–H groups in total. The van der Waals surface area contributed by atoms with E-state index < -0.39 is 17.8 Å². The predicted octanol–water partition coefficient (Wildman–Crippen LogP) is 2.27. The van der Waals surface area contributed by atoms with Gasteiger partial charge in [0.2, 0.25) is 5.91 Å². The van der Waals surface area contributed by atoms with Gasteiger partial charge in [-0.25, -0.2) is 4.39 Å². The molecule has 116 valence electrons. The summed E-state index contributed by atoms with van der Waals surface area (Å²) in [5, 5.41) is 11.6. The molecule has 1 aromatic carbocycles. The highest BCUT2D eigenvalue weighted by Gasteiger charge is 2.18. The molecule has 0 aromatic heterocycles. The van der Waals surface area contributed by atoms with E-state index in [2.05, 4.69) is 5.32 Å². The Hall–Kier alpha value is -1.95. The fraction of sp³-hybridized carbons (Fsp3) is 0.467. The summed E-state index contributed by atoms with van der Waals surface area (Å²) in [5.74, 6) is -1.70. The van der Waals surface area contributed by atoms with E-state index in [1.54, 1.807) is 7.11 Å². The van der Waals surface area contributed by atoms with Gasteiger partial charge in [0.05, 0.1) is 18.6 Å². The van der Waals surface area contributed by atoms with Crippen LogP contribution in [0.1, 0.15) is 37.8 Å². The molecule has 0 aliphatic carbocycles. The number of benzene rings is 1. The number of hydrogen-bond donors (Lipinski definition) is 2. The minimum absolute atomic E-state index is 0.0421. The Morgan fingerprint density at radius 1 is 1.33 bits per heavy atom. The molecule has 0 aliphatic heterocycles. The first-order valence-corrected chi connectivity index (χ1v) is 6.71. The normalized spacial score (nSPS) is 13.5. The molecule has 21 heavy (non-hydrogen) atoms. The zero-order valence-electron chi connectivity index (χ0n) is 12.1. The van der Waals surface area contributed by atoms with E-state index in [1.807, 2.05) is 6.92 Å². The van der Waals surface area contributed by atoms with Crippen LogP contribution in [0.3, 0.4) is 0 Å². The minimum Gasteiger partial charge on any atom is -0.481 e. The first-order chi connectivity index (χ1) is 9.92. The second kappa shape index (κ2) is 8.36. The zero-order valence-corrected chi connectivity index (χ0v) is 12.1. The fourth-order valence-corrected chi connectivity index (χ4v) is 1.84. The van der Waals surface area contributed by atoms with Crippen LogP contribution in [0.2, 0.25) is 0 Å². The van der Waals surface area contributed by atoms with Crippen LogP contribution in [-0.4, -0.2) is 30.2 Å². The smallest absolute Gasteiger partial charge is 0.305 e. The standard InChI is InChI=1S/C15H20FNO4/c1-10(21-2)3-8-14(18)17-13(9-15(19)20)11-4-6-12(16)7-5-11/h4-7,10,13H,3,8-9H2,1-2H3,(H,17,18)(H,19,20). The van der Waals surface area contributed by atoms with Gasteiger partial charge < -0.3 is 15.2 Å². The van der Waals surface area contributed by atoms with Crippen molar-refractivity contribution in [2.45, 2.75) is 38.3 Å². The third-order valence-corrected chi connectivity index (χ3v) is 3.17. The van der Waals surface area contributed by atoms with E-state index in [9.17, 15) is 14.0 Å². The number of carbonyl (C=O) groups excluding carboxylic acids is 1. The summed E-state index contributed by atoms with van der Waals surface area (Å²) >= 11 is 0. The predicted molar refractivity (Wildman–Crippen MR) is 75.2 cm³/mol. The molecule has 0 spiro atoms. The van der Waals surface area contributed by atoms with Gasteiger partial charge in [-0.1, -0.05) is 12.1 Å². The molecule has 1 rings (SSSR count). The van der Waals surface area contributed by atoms with Crippen LogP contribution < -0.4 is 5.32 Å². The number of carbonyl (C=O) groups is 2. The average Bonchev–Trinajstić information content (AvgIpc) is 2.44. The third-order valence-electron chi connectivity index (χ3n) is 3.17. The highest BCUT2D eigenvalue weighted by molar-refractivity contribution is 5.77. The molecule has 6 heteroatoms. The Morgan fingerprint density at radius 3 is 2.48 bits per heavy atom. The molecule has 2 atom stereocenters. The number of aliphatic carboxylic acids is 1. The van der Waals surface area contributed by atoms with E-state index in [-0.39, 0.29) is 24.9 Å². The van der Waals surface area contributed by atoms with Gasteiger partial charge in [0.1, 0.15) is 5.82 Å². The highest BCUT2D eigenvalue weighted by Crippen LogP contribution is 2.18. The van der Waals surface area contributed by atoms with Gasteiger partial charge in [0, 0.05) is 13.5 Å². The molecule has 1 aromatic rings. The first kappa shape index (κ1) is 17.1. The number of halogens is 1. The molecule has 0 fully saturated rings. The summed E-state index contributed by atoms with van der Waals surface area (Å²) < 4.78 is 18.0. The number of amides is 1. The molecule has 2 unspecified atom stereocenters. The molecular weight excluding hydrogens is 277 g/mol. The van der Waals surface area contributed by atoms with E-state index in [0.29, 0.717) is 12.0 Å². The van der Waals surface area contributed by atoms with Gasteiger partial charge in [-0.3, -0.25) is 9.59 Å². The molecule has 0 radical (unpaired) electrons. The zero-order chi connectivity index (χ0) is 15.8. The van der Waals surface area contributed by atoms with Crippen molar-refractivity contribution < 1.29 is 23.8 Å². The molecule has 0 saturated carbocycles. The molecule has 5 nitrogen and oxygen atoms in total. The van der Waals surface area contributed by atoms with Crippen LogP contribution in [0.5, 0.6) is 0 Å². The number of hydrogen-bond acceptors (Lipinski definition) is 3. The van der Waals surface area contributed by atoms with Gasteiger partial charge in [0.25, 0.3) is 0 Å². The van der Waals surface area contributed by atoms with Gasteiger partial charge in [0.15, 0.2) is 0 Å². The fourth-order valence-electron chi connectivity index (χ4n) is 1.84. The average molecular weight is 297 g/mol. The van der Waals surface area contributed by atoms with Crippen molar-refractivity contribution in [1.29, 1.82) is 0 Å². The maximum Gasteiger partial charge on any atom is 0.305 e. The lowest BCUT2D eigenvalue weighted by Crippen LogP contribution is -2.30. The Balaban J connectivity index is 2.67. The minimum atomic E-state index is -1.03. The molecule has 0 saturated heterocycles. The van der Waals surface area contributed by atoms with Crippen molar-refractivity contribution in [3.63, 3.8) is 0 Å². The summed E-state index contributed by atoms with van der Waals surface area (Å²) in [5.41, 5.74) is 0.562. The maximum absolute atomic E-state index is 12.9. The van der Waals surface area contributed by atoms with Crippen LogP contribution in [0.25, 0.3) is 0 Å². The summed E-state index contributed by atoms with van der Waals surface area (Å²) in [4.78, 5) is 22.8. The van der Waals surface area contributed by atoms with Crippen molar-refractivity contribution in [2.75, 3.05) is 7.11 Å². The molecule has 0 aliphatic rings. The number of rotatable bonds is 8. The Kier molecular flexibility index (Phi) is 6.81. The largest absolute Gasteiger partial charge is 0.481 e.